The summed E-state index contributed by atoms with van der Waals surface area (Å²) in [7, 11) is 0. The molecule has 14 heavy (non-hydrogen) atoms. The number of carboxylic acid groups (broad SMARTS) is 1. The van der Waals surface area contributed by atoms with Crippen LogP contribution in [0.1, 0.15) is 11.6 Å². The molecule has 0 spiro atoms. The fourth-order valence-corrected chi connectivity index (χ4v) is 1.43. The number of hydrogen-bond donors (Lipinski definition) is 3. The van der Waals surface area contributed by atoms with Gasteiger partial charge in [-0.25, -0.2) is 0 Å². The van der Waals surface area contributed by atoms with Crippen molar-refractivity contribution in [3.63, 3.8) is 0 Å². The monoisotopic (exact) mass is 235 g/mol. The number of aromatic hydroxyl groups is 1. The lowest BCUT2D eigenvalue weighted by Crippen LogP contribution is -2.20. The van der Waals surface area contributed by atoms with Gasteiger partial charge >= 0.3 is 5.97 Å². The zero-order chi connectivity index (χ0) is 10.9. The van der Waals surface area contributed by atoms with Gasteiger partial charge in [-0.15, -0.1) is 0 Å². The first-order valence-electron chi connectivity index (χ1n) is 3.59. The number of halogens is 2. The molecule has 0 aliphatic heterocycles. The van der Waals surface area contributed by atoms with Crippen molar-refractivity contribution in [1.82, 2.24) is 0 Å². The molecule has 0 amide bonds. The minimum Gasteiger partial charge on any atom is -0.506 e. The van der Waals surface area contributed by atoms with Gasteiger partial charge in [0.2, 0.25) is 0 Å². The molecule has 0 radical (unpaired) electrons. The third kappa shape index (κ3) is 2.09. The Morgan fingerprint density at radius 1 is 1.36 bits per heavy atom. The van der Waals surface area contributed by atoms with E-state index in [0.717, 1.165) is 6.07 Å². The maximum Gasteiger partial charge on any atom is 0.325 e. The summed E-state index contributed by atoms with van der Waals surface area (Å²) in [4.78, 5) is 10.5. The van der Waals surface area contributed by atoms with E-state index in [2.05, 4.69) is 0 Å². The van der Waals surface area contributed by atoms with Gasteiger partial charge in [0.05, 0.1) is 5.02 Å². The van der Waals surface area contributed by atoms with Crippen molar-refractivity contribution in [2.75, 3.05) is 0 Å². The van der Waals surface area contributed by atoms with Gasteiger partial charge in [0.1, 0.15) is 11.8 Å². The lowest BCUT2D eigenvalue weighted by molar-refractivity contribution is -0.138. The van der Waals surface area contributed by atoms with Crippen LogP contribution in [-0.2, 0) is 4.79 Å². The van der Waals surface area contributed by atoms with E-state index in [1.54, 1.807) is 0 Å². The average Bonchev–Trinajstić information content (AvgIpc) is 2.10. The van der Waals surface area contributed by atoms with E-state index in [1.165, 1.54) is 6.07 Å². The second kappa shape index (κ2) is 4.04. The number of rotatable bonds is 2. The Morgan fingerprint density at radius 2 is 1.93 bits per heavy atom. The molecule has 0 saturated heterocycles. The SMILES string of the molecule is NC(C(=O)O)c1cc(O)c(Cl)cc1Cl. The van der Waals surface area contributed by atoms with Gasteiger partial charge in [-0.1, -0.05) is 23.2 Å². The number of carboxylic acids is 1. The van der Waals surface area contributed by atoms with Gasteiger partial charge in [0.25, 0.3) is 0 Å². The van der Waals surface area contributed by atoms with Crippen LogP contribution in [0.4, 0.5) is 0 Å². The summed E-state index contributed by atoms with van der Waals surface area (Å²) < 4.78 is 0. The predicted octanol–water partition coefficient (Wildman–Crippen LogP) is 1.78. The molecule has 4 N–H and O–H groups in total. The Kier molecular flexibility index (Phi) is 3.21. The number of phenolic OH excluding ortho intramolecular Hbond substituents is 1. The van der Waals surface area contributed by atoms with Crippen LogP contribution in [0.3, 0.4) is 0 Å². The molecule has 0 aliphatic carbocycles. The third-order valence-corrected chi connectivity index (χ3v) is 2.30. The molecule has 0 fully saturated rings. The van der Waals surface area contributed by atoms with Gasteiger partial charge in [-0.05, 0) is 12.1 Å². The highest BCUT2D eigenvalue weighted by Crippen LogP contribution is 2.32. The van der Waals surface area contributed by atoms with E-state index < -0.39 is 12.0 Å². The fraction of sp³-hybridized carbons (Fsp3) is 0.125. The molecule has 0 aliphatic rings. The highest BCUT2D eigenvalue weighted by atomic mass is 35.5. The maximum absolute atomic E-state index is 10.5. The van der Waals surface area contributed by atoms with Crippen LogP contribution in [0, 0.1) is 0 Å². The second-order valence-electron chi connectivity index (χ2n) is 2.64. The van der Waals surface area contributed by atoms with Crippen molar-refractivity contribution >= 4 is 29.2 Å². The summed E-state index contributed by atoms with van der Waals surface area (Å²) >= 11 is 11.2. The van der Waals surface area contributed by atoms with Crippen molar-refractivity contribution in [3.05, 3.63) is 27.7 Å². The molecular weight excluding hydrogens is 229 g/mol. The van der Waals surface area contributed by atoms with E-state index >= 15 is 0 Å². The zero-order valence-electron chi connectivity index (χ0n) is 6.87. The molecule has 4 nitrogen and oxygen atoms in total. The minimum atomic E-state index is -1.27. The molecule has 6 heteroatoms. The first kappa shape index (κ1) is 11.1. The number of hydrogen-bond acceptors (Lipinski definition) is 3. The van der Waals surface area contributed by atoms with E-state index in [4.69, 9.17) is 34.0 Å². The van der Waals surface area contributed by atoms with E-state index in [-0.39, 0.29) is 21.4 Å². The normalized spacial score (nSPS) is 12.5. The summed E-state index contributed by atoms with van der Waals surface area (Å²) in [6.45, 7) is 0. The summed E-state index contributed by atoms with van der Waals surface area (Å²) in [5, 5.41) is 18.0. The molecule has 0 bridgehead atoms. The lowest BCUT2D eigenvalue weighted by Gasteiger charge is -2.10. The quantitative estimate of drug-likeness (QED) is 0.730. The number of aliphatic carboxylic acids is 1. The van der Waals surface area contributed by atoms with Gasteiger partial charge in [-0.2, -0.15) is 0 Å². The first-order chi connectivity index (χ1) is 6.43. The lowest BCUT2D eigenvalue weighted by atomic mass is 10.1. The van der Waals surface area contributed by atoms with Gasteiger partial charge in [0.15, 0.2) is 0 Å². The third-order valence-electron chi connectivity index (χ3n) is 1.67. The van der Waals surface area contributed by atoms with Crippen LogP contribution in [-0.4, -0.2) is 16.2 Å². The minimum absolute atomic E-state index is 0.0522. The van der Waals surface area contributed by atoms with Gasteiger partial charge in [0, 0.05) is 10.6 Å². The number of nitrogens with two attached hydrogens (primary N) is 1. The van der Waals surface area contributed by atoms with Crippen LogP contribution < -0.4 is 5.73 Å². The Balaban J connectivity index is 3.22. The maximum atomic E-state index is 10.5. The van der Waals surface area contributed by atoms with Crippen molar-refractivity contribution in [1.29, 1.82) is 0 Å². The number of carbonyl (C=O) groups is 1. The van der Waals surface area contributed by atoms with E-state index in [1.807, 2.05) is 0 Å². The molecule has 1 unspecified atom stereocenters. The predicted molar refractivity (Wildman–Crippen MR) is 52.7 cm³/mol. The number of phenols is 1. The topological polar surface area (TPSA) is 83.6 Å². The molecule has 1 aromatic rings. The van der Waals surface area contributed by atoms with Crippen molar-refractivity contribution in [2.45, 2.75) is 6.04 Å². The summed E-state index contributed by atoms with van der Waals surface area (Å²) in [6, 6.07) is 1.12. The van der Waals surface area contributed by atoms with Crippen molar-refractivity contribution in [3.8, 4) is 5.75 Å². The van der Waals surface area contributed by atoms with Crippen LogP contribution in [0.25, 0.3) is 0 Å². The molecule has 0 heterocycles. The fourth-order valence-electron chi connectivity index (χ4n) is 0.925. The van der Waals surface area contributed by atoms with Crippen LogP contribution in [0.5, 0.6) is 5.75 Å². The summed E-state index contributed by atoms with van der Waals surface area (Å²) in [5.41, 5.74) is 5.45. The molecule has 0 aromatic heterocycles. The molecule has 0 saturated carbocycles. The van der Waals surface area contributed by atoms with Crippen molar-refractivity contribution in [2.24, 2.45) is 5.73 Å². The molecule has 1 rings (SSSR count). The molecule has 1 atom stereocenters. The van der Waals surface area contributed by atoms with Crippen LogP contribution in [0.2, 0.25) is 10.0 Å². The molecule has 1 aromatic carbocycles. The average molecular weight is 236 g/mol. The van der Waals surface area contributed by atoms with Crippen LogP contribution >= 0.6 is 23.2 Å². The second-order valence-corrected chi connectivity index (χ2v) is 3.46. The Bertz CT molecular complexity index is 381. The van der Waals surface area contributed by atoms with E-state index in [0.29, 0.717) is 0 Å². The standard InChI is InChI=1S/C8H7Cl2NO3/c9-4-2-5(10)6(12)1-3(4)7(11)8(13)14/h1-2,7,12H,11H2,(H,13,14). The number of benzene rings is 1. The summed E-state index contributed by atoms with van der Waals surface area (Å²) in [5.74, 6) is -1.48. The smallest absolute Gasteiger partial charge is 0.325 e. The van der Waals surface area contributed by atoms with Crippen molar-refractivity contribution < 1.29 is 15.0 Å². The van der Waals surface area contributed by atoms with Gasteiger partial charge < -0.3 is 15.9 Å². The zero-order valence-corrected chi connectivity index (χ0v) is 8.38. The highest BCUT2D eigenvalue weighted by molar-refractivity contribution is 6.36. The van der Waals surface area contributed by atoms with Crippen LogP contribution in [0.15, 0.2) is 12.1 Å². The Morgan fingerprint density at radius 3 is 2.43 bits per heavy atom. The van der Waals surface area contributed by atoms with E-state index in [9.17, 15) is 9.90 Å². The van der Waals surface area contributed by atoms with Gasteiger partial charge in [-0.3, -0.25) is 4.79 Å². The highest BCUT2D eigenvalue weighted by Gasteiger charge is 2.19. The molecular formula is C8H7Cl2NO3. The largest absolute Gasteiger partial charge is 0.506 e. The Hall–Kier alpha value is -0.970. The summed E-state index contributed by atoms with van der Waals surface area (Å²) in [6.07, 6.45) is 0. The first-order valence-corrected chi connectivity index (χ1v) is 4.35. The molecule has 76 valence electrons. The Labute approximate surface area is 89.9 Å².